The van der Waals surface area contributed by atoms with E-state index in [1.165, 1.54) is 0 Å². The molecule has 6 nitrogen and oxygen atoms in total. The Labute approximate surface area is 168 Å². The summed E-state index contributed by atoms with van der Waals surface area (Å²) in [5.41, 5.74) is 2.52. The molecule has 1 N–H and O–H groups in total. The van der Waals surface area contributed by atoms with Gasteiger partial charge in [0, 0.05) is 22.8 Å². The van der Waals surface area contributed by atoms with Crippen LogP contribution in [0.1, 0.15) is 36.8 Å². The minimum Gasteiger partial charge on any atom is -0.337 e. The molecule has 0 radical (unpaired) electrons. The molecule has 1 atom stereocenters. The maximum Gasteiger partial charge on any atom is 0.322 e. The maximum absolute atomic E-state index is 12.9. The van der Waals surface area contributed by atoms with Crippen molar-refractivity contribution in [2.75, 3.05) is 11.9 Å². The van der Waals surface area contributed by atoms with Gasteiger partial charge < -0.3 is 14.7 Å². The summed E-state index contributed by atoms with van der Waals surface area (Å²) in [6, 6.07) is 14.7. The van der Waals surface area contributed by atoms with Gasteiger partial charge >= 0.3 is 6.03 Å². The quantitative estimate of drug-likeness (QED) is 0.638. The van der Waals surface area contributed by atoms with Crippen molar-refractivity contribution < 1.29 is 9.32 Å². The normalized spacial score (nSPS) is 16.8. The van der Waals surface area contributed by atoms with E-state index in [1.54, 1.807) is 11.0 Å². The number of carbonyl (C=O) groups is 1. The van der Waals surface area contributed by atoms with Crippen molar-refractivity contribution in [3.8, 4) is 11.4 Å². The van der Waals surface area contributed by atoms with Crippen LogP contribution in [0.3, 0.4) is 0 Å². The average molecular weight is 397 g/mol. The third-order valence-electron chi connectivity index (χ3n) is 4.95. The molecular weight excluding hydrogens is 376 g/mol. The highest BCUT2D eigenvalue weighted by Gasteiger charge is 2.32. The summed E-state index contributed by atoms with van der Waals surface area (Å²) in [6.07, 6.45) is 2.74. The molecule has 0 spiro atoms. The first-order valence-electron chi connectivity index (χ1n) is 9.34. The number of halogens is 1. The summed E-state index contributed by atoms with van der Waals surface area (Å²) < 4.78 is 5.52. The molecule has 0 aliphatic carbocycles. The Bertz CT molecular complexity index is 974. The van der Waals surface area contributed by atoms with E-state index in [-0.39, 0.29) is 12.1 Å². The molecule has 0 bridgehead atoms. The number of rotatable bonds is 3. The van der Waals surface area contributed by atoms with Crippen molar-refractivity contribution in [1.29, 1.82) is 0 Å². The van der Waals surface area contributed by atoms with E-state index in [9.17, 15) is 4.79 Å². The van der Waals surface area contributed by atoms with Gasteiger partial charge in [-0.15, -0.1) is 0 Å². The zero-order valence-electron chi connectivity index (χ0n) is 15.6. The van der Waals surface area contributed by atoms with Gasteiger partial charge in [0.05, 0.1) is 0 Å². The number of aryl methyl sites for hydroxylation is 1. The minimum atomic E-state index is -0.236. The molecule has 2 amide bonds. The summed E-state index contributed by atoms with van der Waals surface area (Å²) in [6.45, 7) is 2.56. The fraction of sp³-hybridized carbons (Fsp3) is 0.286. The fourth-order valence-electron chi connectivity index (χ4n) is 3.37. The van der Waals surface area contributed by atoms with Crippen LogP contribution in [-0.2, 0) is 0 Å². The molecule has 1 aromatic heterocycles. The molecule has 0 saturated carbocycles. The molecule has 3 aromatic rings. The number of nitrogens with one attached hydrogen (secondary N) is 1. The number of hydrogen-bond donors (Lipinski definition) is 1. The zero-order chi connectivity index (χ0) is 19.5. The first kappa shape index (κ1) is 18.5. The Balaban J connectivity index is 1.53. The third-order valence-corrected chi connectivity index (χ3v) is 5.35. The van der Waals surface area contributed by atoms with Gasteiger partial charge in [-0.3, -0.25) is 0 Å². The number of amides is 2. The molecule has 28 heavy (non-hydrogen) atoms. The molecule has 1 aliphatic rings. The number of aromatic nitrogens is 2. The lowest BCUT2D eigenvalue weighted by atomic mass is 10.0. The van der Waals surface area contributed by atoms with Crippen molar-refractivity contribution in [2.24, 2.45) is 0 Å². The summed E-state index contributed by atoms with van der Waals surface area (Å²) >= 11 is 6.17. The second-order valence-corrected chi connectivity index (χ2v) is 7.33. The van der Waals surface area contributed by atoms with E-state index in [4.69, 9.17) is 16.1 Å². The average Bonchev–Trinajstić information content (AvgIpc) is 3.21. The summed E-state index contributed by atoms with van der Waals surface area (Å²) in [5.74, 6) is 1.00. The van der Waals surface area contributed by atoms with Gasteiger partial charge in [0.1, 0.15) is 6.04 Å². The Morgan fingerprint density at radius 2 is 2.04 bits per heavy atom. The fourth-order valence-corrected chi connectivity index (χ4v) is 3.55. The molecule has 1 fully saturated rings. The smallest absolute Gasteiger partial charge is 0.322 e. The Morgan fingerprint density at radius 3 is 2.82 bits per heavy atom. The van der Waals surface area contributed by atoms with Crippen LogP contribution in [0, 0.1) is 6.92 Å². The van der Waals surface area contributed by atoms with Gasteiger partial charge in [-0.1, -0.05) is 53.2 Å². The molecule has 1 aliphatic heterocycles. The summed E-state index contributed by atoms with van der Waals surface area (Å²) in [4.78, 5) is 19.2. The Hall–Kier alpha value is -2.86. The van der Waals surface area contributed by atoms with Gasteiger partial charge in [0.25, 0.3) is 0 Å². The van der Waals surface area contributed by atoms with Crippen molar-refractivity contribution in [3.63, 3.8) is 0 Å². The SMILES string of the molecule is Cc1ccc(NC(=O)N2CCCCC2c2nc(-c3ccccc3)no2)cc1Cl. The van der Waals surface area contributed by atoms with Crippen LogP contribution < -0.4 is 5.32 Å². The highest BCUT2D eigenvalue weighted by Crippen LogP contribution is 2.32. The van der Waals surface area contributed by atoms with Gasteiger partial charge in [0.15, 0.2) is 0 Å². The molecule has 4 rings (SSSR count). The number of nitrogens with zero attached hydrogens (tertiary/aromatic N) is 3. The van der Waals surface area contributed by atoms with Crippen molar-refractivity contribution >= 4 is 23.3 Å². The maximum atomic E-state index is 12.9. The Morgan fingerprint density at radius 1 is 1.21 bits per heavy atom. The topological polar surface area (TPSA) is 71.3 Å². The van der Waals surface area contributed by atoms with Crippen LogP contribution in [0.15, 0.2) is 53.1 Å². The lowest BCUT2D eigenvalue weighted by Crippen LogP contribution is -2.41. The number of benzene rings is 2. The van der Waals surface area contributed by atoms with Gasteiger partial charge in [-0.25, -0.2) is 4.79 Å². The van der Waals surface area contributed by atoms with Crippen LogP contribution >= 0.6 is 11.6 Å². The summed E-state index contributed by atoms with van der Waals surface area (Å²) in [7, 11) is 0. The van der Waals surface area contributed by atoms with Crippen LogP contribution in [0.4, 0.5) is 10.5 Å². The highest BCUT2D eigenvalue weighted by molar-refractivity contribution is 6.31. The minimum absolute atomic E-state index is 0.191. The number of carbonyl (C=O) groups excluding carboxylic acids is 1. The van der Waals surface area contributed by atoms with Crippen LogP contribution in [0.2, 0.25) is 5.02 Å². The van der Waals surface area contributed by atoms with Crippen molar-refractivity contribution in [1.82, 2.24) is 15.0 Å². The molecule has 2 aromatic carbocycles. The standard InChI is InChI=1S/C21H21ClN4O2/c1-14-10-11-16(13-17(14)22)23-21(27)26-12-6-5-9-18(26)20-24-19(25-28-20)15-7-3-2-4-8-15/h2-4,7-8,10-11,13,18H,5-6,9,12H2,1H3,(H,23,27). The van der Waals surface area contributed by atoms with E-state index >= 15 is 0 Å². The summed E-state index contributed by atoms with van der Waals surface area (Å²) in [5, 5.41) is 7.65. The second-order valence-electron chi connectivity index (χ2n) is 6.92. The molecule has 1 saturated heterocycles. The predicted molar refractivity (Wildman–Crippen MR) is 108 cm³/mol. The lowest BCUT2D eigenvalue weighted by Gasteiger charge is -2.33. The monoisotopic (exact) mass is 396 g/mol. The Kier molecular flexibility index (Phi) is 5.30. The number of anilines is 1. The van der Waals surface area contributed by atoms with E-state index in [0.29, 0.717) is 29.0 Å². The van der Waals surface area contributed by atoms with E-state index < -0.39 is 0 Å². The molecule has 2 heterocycles. The first-order valence-corrected chi connectivity index (χ1v) is 9.72. The van der Waals surface area contributed by atoms with Gasteiger partial charge in [0.2, 0.25) is 11.7 Å². The largest absolute Gasteiger partial charge is 0.337 e. The third kappa shape index (κ3) is 3.87. The first-order chi connectivity index (χ1) is 13.6. The zero-order valence-corrected chi connectivity index (χ0v) is 16.3. The van der Waals surface area contributed by atoms with Crippen LogP contribution in [-0.4, -0.2) is 27.6 Å². The predicted octanol–water partition coefficient (Wildman–Crippen LogP) is 5.46. The van der Waals surface area contributed by atoms with Crippen LogP contribution in [0.25, 0.3) is 11.4 Å². The molecule has 1 unspecified atom stereocenters. The van der Waals surface area contributed by atoms with E-state index in [1.807, 2.05) is 49.4 Å². The number of likely N-dealkylation sites (tertiary alicyclic amines) is 1. The number of piperidine rings is 1. The molecule has 7 heteroatoms. The van der Waals surface area contributed by atoms with Gasteiger partial charge in [-0.2, -0.15) is 4.98 Å². The second kappa shape index (κ2) is 8.02. The lowest BCUT2D eigenvalue weighted by molar-refractivity contribution is 0.142. The number of urea groups is 1. The van der Waals surface area contributed by atoms with Crippen LogP contribution in [0.5, 0.6) is 0 Å². The molecular formula is C21H21ClN4O2. The molecule has 144 valence electrons. The van der Waals surface area contributed by atoms with Crippen molar-refractivity contribution in [3.05, 3.63) is 65.0 Å². The van der Waals surface area contributed by atoms with E-state index in [2.05, 4.69) is 15.5 Å². The number of hydrogen-bond acceptors (Lipinski definition) is 4. The van der Waals surface area contributed by atoms with Crippen molar-refractivity contribution in [2.45, 2.75) is 32.2 Å². The van der Waals surface area contributed by atoms with Gasteiger partial charge in [-0.05, 0) is 43.9 Å². The van der Waals surface area contributed by atoms with E-state index in [0.717, 1.165) is 30.4 Å². The highest BCUT2D eigenvalue weighted by atomic mass is 35.5.